The second-order valence-electron chi connectivity index (χ2n) is 4.41. The molecule has 0 radical (unpaired) electrons. The maximum Gasteiger partial charge on any atom is 0.146 e. The molecule has 0 aliphatic rings. The van der Waals surface area contributed by atoms with Crippen molar-refractivity contribution in [2.75, 3.05) is 5.32 Å². The first-order chi connectivity index (χ1) is 9.22. The van der Waals surface area contributed by atoms with E-state index in [-0.39, 0.29) is 5.82 Å². The molecule has 0 atom stereocenters. The maximum atomic E-state index is 13.6. The van der Waals surface area contributed by atoms with Crippen LogP contribution in [0.2, 0.25) is 0 Å². The van der Waals surface area contributed by atoms with Crippen molar-refractivity contribution in [1.29, 1.82) is 0 Å². The monoisotopic (exact) mass is 272 g/mol. The predicted octanol–water partition coefficient (Wildman–Crippen LogP) is 4.36. The normalized spacial score (nSPS) is 10.8. The van der Waals surface area contributed by atoms with Crippen molar-refractivity contribution in [1.82, 2.24) is 4.98 Å². The highest BCUT2D eigenvalue weighted by molar-refractivity contribution is 7.18. The van der Waals surface area contributed by atoms with E-state index in [9.17, 15) is 4.39 Å². The minimum Gasteiger partial charge on any atom is -0.376 e. The molecule has 0 saturated carbocycles. The molecule has 19 heavy (non-hydrogen) atoms. The van der Waals surface area contributed by atoms with Crippen molar-refractivity contribution in [3.05, 3.63) is 58.9 Å². The minimum atomic E-state index is -0.230. The summed E-state index contributed by atoms with van der Waals surface area (Å²) in [6.45, 7) is 2.49. The van der Waals surface area contributed by atoms with Crippen LogP contribution in [0.15, 0.2) is 42.5 Å². The number of para-hydroxylation sites is 1. The number of anilines is 1. The molecular weight excluding hydrogens is 259 g/mol. The van der Waals surface area contributed by atoms with Crippen LogP contribution in [0, 0.1) is 12.7 Å². The van der Waals surface area contributed by atoms with Gasteiger partial charge in [-0.3, -0.25) is 0 Å². The second kappa shape index (κ2) is 4.97. The van der Waals surface area contributed by atoms with Crippen LogP contribution in [0.4, 0.5) is 10.1 Å². The van der Waals surface area contributed by atoms with E-state index < -0.39 is 0 Å². The summed E-state index contributed by atoms with van der Waals surface area (Å²) in [7, 11) is 0. The lowest BCUT2D eigenvalue weighted by Gasteiger charge is -2.06. The molecule has 3 rings (SSSR count). The Morgan fingerprint density at radius 2 is 2.05 bits per heavy atom. The number of aryl methyl sites for hydroxylation is 1. The fourth-order valence-corrected chi connectivity index (χ4v) is 2.85. The first-order valence-corrected chi connectivity index (χ1v) is 6.88. The van der Waals surface area contributed by atoms with E-state index >= 15 is 0 Å². The van der Waals surface area contributed by atoms with Crippen molar-refractivity contribution in [2.24, 2.45) is 0 Å². The summed E-state index contributed by atoms with van der Waals surface area (Å²) in [6, 6.07) is 13.1. The molecule has 3 aromatic rings. The SMILES string of the molecule is Cc1ccc(F)c(NCc2nc3ccccc3s2)c1. The summed E-state index contributed by atoms with van der Waals surface area (Å²) < 4.78 is 14.8. The molecule has 2 aromatic carbocycles. The van der Waals surface area contributed by atoms with Gasteiger partial charge in [0, 0.05) is 0 Å². The first kappa shape index (κ1) is 12.1. The van der Waals surface area contributed by atoms with Crippen LogP contribution in [0.3, 0.4) is 0 Å². The lowest BCUT2D eigenvalue weighted by atomic mass is 10.2. The fourth-order valence-electron chi connectivity index (χ4n) is 1.94. The van der Waals surface area contributed by atoms with Crippen molar-refractivity contribution in [3.8, 4) is 0 Å². The van der Waals surface area contributed by atoms with E-state index in [0.717, 1.165) is 20.8 Å². The zero-order valence-corrected chi connectivity index (χ0v) is 11.3. The molecular formula is C15H13FN2S. The second-order valence-corrected chi connectivity index (χ2v) is 5.53. The van der Waals surface area contributed by atoms with Gasteiger partial charge in [-0.05, 0) is 36.8 Å². The highest BCUT2D eigenvalue weighted by Crippen LogP contribution is 2.23. The predicted molar refractivity (Wildman–Crippen MR) is 78.1 cm³/mol. The first-order valence-electron chi connectivity index (χ1n) is 6.07. The molecule has 0 saturated heterocycles. The van der Waals surface area contributed by atoms with Crippen LogP contribution >= 0.6 is 11.3 Å². The molecule has 0 amide bonds. The van der Waals surface area contributed by atoms with Crippen molar-refractivity contribution in [3.63, 3.8) is 0 Å². The van der Waals surface area contributed by atoms with Gasteiger partial charge in [-0.2, -0.15) is 0 Å². The summed E-state index contributed by atoms with van der Waals surface area (Å²) in [6.07, 6.45) is 0. The van der Waals surface area contributed by atoms with Gasteiger partial charge in [0.05, 0.1) is 22.4 Å². The van der Waals surface area contributed by atoms with E-state index in [0.29, 0.717) is 12.2 Å². The molecule has 0 spiro atoms. The van der Waals surface area contributed by atoms with E-state index in [4.69, 9.17) is 0 Å². The van der Waals surface area contributed by atoms with Gasteiger partial charge in [0.2, 0.25) is 0 Å². The molecule has 4 heteroatoms. The lowest BCUT2D eigenvalue weighted by Crippen LogP contribution is -2.01. The van der Waals surface area contributed by atoms with Gasteiger partial charge in [0.15, 0.2) is 0 Å². The van der Waals surface area contributed by atoms with Crippen LogP contribution in [0.25, 0.3) is 10.2 Å². The van der Waals surface area contributed by atoms with Gasteiger partial charge >= 0.3 is 0 Å². The van der Waals surface area contributed by atoms with Gasteiger partial charge in [-0.25, -0.2) is 9.37 Å². The third-order valence-corrected chi connectivity index (χ3v) is 3.93. The average Bonchev–Trinajstić information content (AvgIpc) is 2.82. The van der Waals surface area contributed by atoms with E-state index in [1.165, 1.54) is 6.07 Å². The lowest BCUT2D eigenvalue weighted by molar-refractivity contribution is 0.629. The van der Waals surface area contributed by atoms with Crippen LogP contribution in [-0.4, -0.2) is 4.98 Å². The molecule has 1 aromatic heterocycles. The Morgan fingerprint density at radius 1 is 1.21 bits per heavy atom. The highest BCUT2D eigenvalue weighted by Gasteiger charge is 2.05. The molecule has 0 unspecified atom stereocenters. The van der Waals surface area contributed by atoms with Gasteiger partial charge in [-0.15, -0.1) is 11.3 Å². The number of aromatic nitrogens is 1. The zero-order valence-electron chi connectivity index (χ0n) is 10.5. The number of hydrogen-bond donors (Lipinski definition) is 1. The fraction of sp³-hybridized carbons (Fsp3) is 0.133. The molecule has 0 fully saturated rings. The standard InChI is InChI=1S/C15H13FN2S/c1-10-6-7-11(16)13(8-10)17-9-15-18-12-4-2-3-5-14(12)19-15/h2-8,17H,9H2,1H3. The van der Waals surface area contributed by atoms with Crippen molar-refractivity contribution >= 4 is 27.2 Å². The van der Waals surface area contributed by atoms with Crippen molar-refractivity contribution in [2.45, 2.75) is 13.5 Å². The largest absolute Gasteiger partial charge is 0.376 e. The topological polar surface area (TPSA) is 24.9 Å². The van der Waals surface area contributed by atoms with Crippen LogP contribution in [0.5, 0.6) is 0 Å². The molecule has 1 N–H and O–H groups in total. The molecule has 1 heterocycles. The summed E-state index contributed by atoms with van der Waals surface area (Å²) >= 11 is 1.63. The Kier molecular flexibility index (Phi) is 3.17. The number of fused-ring (bicyclic) bond motifs is 1. The van der Waals surface area contributed by atoms with Crippen LogP contribution in [0.1, 0.15) is 10.6 Å². The molecule has 0 aliphatic heterocycles. The third-order valence-electron chi connectivity index (χ3n) is 2.89. The van der Waals surface area contributed by atoms with Crippen LogP contribution in [-0.2, 0) is 6.54 Å². The Labute approximate surface area is 114 Å². The number of nitrogens with one attached hydrogen (secondary N) is 1. The van der Waals surface area contributed by atoms with Crippen LogP contribution < -0.4 is 5.32 Å². The average molecular weight is 272 g/mol. The molecule has 96 valence electrons. The number of nitrogens with zero attached hydrogens (tertiary/aromatic N) is 1. The summed E-state index contributed by atoms with van der Waals surface area (Å²) in [4.78, 5) is 4.51. The summed E-state index contributed by atoms with van der Waals surface area (Å²) in [5, 5.41) is 4.06. The quantitative estimate of drug-likeness (QED) is 0.766. The summed E-state index contributed by atoms with van der Waals surface area (Å²) in [5.41, 5.74) is 2.56. The number of hydrogen-bond acceptors (Lipinski definition) is 3. The Bertz CT molecular complexity index is 688. The highest BCUT2D eigenvalue weighted by atomic mass is 32.1. The van der Waals surface area contributed by atoms with Gasteiger partial charge < -0.3 is 5.32 Å². The third kappa shape index (κ3) is 2.58. The van der Waals surface area contributed by atoms with E-state index in [1.807, 2.05) is 37.3 Å². The number of rotatable bonds is 3. The Balaban J connectivity index is 1.80. The van der Waals surface area contributed by atoms with E-state index in [2.05, 4.69) is 10.3 Å². The maximum absolute atomic E-state index is 13.6. The van der Waals surface area contributed by atoms with E-state index in [1.54, 1.807) is 17.4 Å². The number of halogens is 1. The Morgan fingerprint density at radius 3 is 2.89 bits per heavy atom. The number of thiazole rings is 1. The molecule has 0 bridgehead atoms. The Hall–Kier alpha value is -1.94. The smallest absolute Gasteiger partial charge is 0.146 e. The van der Waals surface area contributed by atoms with Gasteiger partial charge in [-0.1, -0.05) is 18.2 Å². The van der Waals surface area contributed by atoms with Gasteiger partial charge in [0.25, 0.3) is 0 Å². The summed E-state index contributed by atoms with van der Waals surface area (Å²) in [5.74, 6) is -0.230. The molecule has 2 nitrogen and oxygen atoms in total. The minimum absolute atomic E-state index is 0.230. The van der Waals surface area contributed by atoms with Crippen molar-refractivity contribution < 1.29 is 4.39 Å². The zero-order chi connectivity index (χ0) is 13.2. The van der Waals surface area contributed by atoms with Gasteiger partial charge in [0.1, 0.15) is 10.8 Å². The number of benzene rings is 2. The molecule has 0 aliphatic carbocycles.